The van der Waals surface area contributed by atoms with Gasteiger partial charge in [-0.2, -0.15) is 0 Å². The average Bonchev–Trinajstić information content (AvgIpc) is 2.69. The predicted molar refractivity (Wildman–Crippen MR) is 103 cm³/mol. The van der Waals surface area contributed by atoms with Gasteiger partial charge in [-0.15, -0.1) is 0 Å². The zero-order valence-corrected chi connectivity index (χ0v) is 17.1. The molecule has 29 heavy (non-hydrogen) atoms. The van der Waals surface area contributed by atoms with Crippen LogP contribution in [0.25, 0.3) is 0 Å². The Balaban J connectivity index is 2.10. The van der Waals surface area contributed by atoms with Crippen LogP contribution in [0, 0.1) is 12.7 Å². The number of aryl methyl sites for hydroxylation is 1. The second-order valence-corrected chi connectivity index (χ2v) is 8.06. The normalized spacial score (nSPS) is 12.5. The van der Waals surface area contributed by atoms with Crippen LogP contribution in [0.4, 0.5) is 10.1 Å². The number of carbonyl (C=O) groups excluding carboxylic acids is 2. The van der Waals surface area contributed by atoms with Crippen molar-refractivity contribution in [3.8, 4) is 0 Å². The predicted octanol–water partition coefficient (Wildman–Crippen LogP) is 2.50. The molecule has 1 N–H and O–H groups in total. The number of rotatable bonds is 7. The van der Waals surface area contributed by atoms with Gasteiger partial charge in [-0.3, -0.25) is 9.63 Å². The number of hydrogen-bond acceptors (Lipinski definition) is 6. The van der Waals surface area contributed by atoms with Gasteiger partial charge in [-0.05, 0) is 49.7 Å². The molecule has 2 aromatic rings. The quantitative estimate of drug-likeness (QED) is 0.541. The molecule has 0 heterocycles. The van der Waals surface area contributed by atoms with Gasteiger partial charge in [0, 0.05) is 12.7 Å². The van der Waals surface area contributed by atoms with E-state index in [2.05, 4.69) is 10.2 Å². The van der Waals surface area contributed by atoms with E-state index in [1.165, 1.54) is 51.4 Å². The highest BCUT2D eigenvalue weighted by molar-refractivity contribution is 7.89. The summed E-state index contributed by atoms with van der Waals surface area (Å²) in [6, 6.07) is 9.32. The molecule has 0 saturated heterocycles. The zero-order valence-electron chi connectivity index (χ0n) is 16.3. The molecule has 0 aromatic heterocycles. The van der Waals surface area contributed by atoms with Gasteiger partial charge in [0.25, 0.3) is 15.9 Å². The summed E-state index contributed by atoms with van der Waals surface area (Å²) in [6.45, 7) is 2.93. The zero-order chi connectivity index (χ0) is 21.8. The molecular formula is C19H21FN2O6S. The van der Waals surface area contributed by atoms with E-state index in [1.54, 1.807) is 6.92 Å². The average molecular weight is 424 g/mol. The molecule has 0 bridgehead atoms. The van der Waals surface area contributed by atoms with Crippen molar-refractivity contribution < 1.29 is 32.0 Å². The maximum Gasteiger partial charge on any atom is 0.338 e. The van der Waals surface area contributed by atoms with Gasteiger partial charge in [0.1, 0.15) is 5.82 Å². The van der Waals surface area contributed by atoms with E-state index in [9.17, 15) is 22.4 Å². The van der Waals surface area contributed by atoms with Crippen LogP contribution in [0.3, 0.4) is 0 Å². The van der Waals surface area contributed by atoms with Crippen LogP contribution in [-0.4, -0.2) is 45.0 Å². The lowest BCUT2D eigenvalue weighted by Gasteiger charge is -2.16. The maximum absolute atomic E-state index is 13.6. The lowest BCUT2D eigenvalue weighted by molar-refractivity contribution is -0.123. The van der Waals surface area contributed by atoms with Crippen LogP contribution in [-0.2, 0) is 24.4 Å². The molecule has 8 nitrogen and oxygen atoms in total. The van der Waals surface area contributed by atoms with Crippen molar-refractivity contribution >= 4 is 27.6 Å². The number of nitrogens with one attached hydrogen (secondary N) is 1. The van der Waals surface area contributed by atoms with E-state index in [0.29, 0.717) is 10.0 Å². The Labute approximate surface area is 168 Å². The summed E-state index contributed by atoms with van der Waals surface area (Å²) in [5.74, 6) is -2.03. The minimum Gasteiger partial charge on any atom is -0.449 e. The number of sulfonamides is 1. The van der Waals surface area contributed by atoms with E-state index in [0.717, 1.165) is 12.1 Å². The molecule has 0 radical (unpaired) electrons. The minimum atomic E-state index is -3.95. The molecule has 0 spiro atoms. The molecule has 0 saturated carbocycles. The Morgan fingerprint density at radius 3 is 2.48 bits per heavy atom. The van der Waals surface area contributed by atoms with Crippen LogP contribution in [0.1, 0.15) is 22.8 Å². The smallest absolute Gasteiger partial charge is 0.338 e. The molecule has 10 heteroatoms. The standard InChI is InChI=1S/C19H21FN2O6S/c1-12-8-9-15(11-17(12)20)21-18(23)13(2)28-19(24)14-6-5-7-16(10-14)29(25,26)22(3)27-4/h5-11,13H,1-4H3,(H,21,23). The molecule has 2 aromatic carbocycles. The van der Waals surface area contributed by atoms with E-state index < -0.39 is 33.8 Å². The van der Waals surface area contributed by atoms with Crippen LogP contribution in [0.15, 0.2) is 47.4 Å². The topological polar surface area (TPSA) is 102 Å². The van der Waals surface area contributed by atoms with Crippen LogP contribution in [0.2, 0.25) is 0 Å². The fraction of sp³-hybridized carbons (Fsp3) is 0.263. The highest BCUT2D eigenvalue weighted by Gasteiger charge is 2.24. The number of ether oxygens (including phenoxy) is 1. The van der Waals surface area contributed by atoms with Gasteiger partial charge in [-0.25, -0.2) is 17.6 Å². The summed E-state index contributed by atoms with van der Waals surface area (Å²) < 4.78 is 43.9. The van der Waals surface area contributed by atoms with Crippen LogP contribution in [0.5, 0.6) is 0 Å². The molecule has 156 valence electrons. The van der Waals surface area contributed by atoms with Crippen molar-refractivity contribution in [3.63, 3.8) is 0 Å². The summed E-state index contributed by atoms with van der Waals surface area (Å²) in [7, 11) is -1.55. The molecule has 1 unspecified atom stereocenters. The SMILES string of the molecule is CON(C)S(=O)(=O)c1cccc(C(=O)OC(C)C(=O)Nc2ccc(C)c(F)c2)c1. The van der Waals surface area contributed by atoms with Crippen LogP contribution >= 0.6 is 0 Å². The summed E-state index contributed by atoms with van der Waals surface area (Å²) in [6.07, 6.45) is -1.20. The van der Waals surface area contributed by atoms with Crippen molar-refractivity contribution in [3.05, 3.63) is 59.4 Å². The number of anilines is 1. The van der Waals surface area contributed by atoms with Crippen molar-refractivity contribution in [2.75, 3.05) is 19.5 Å². The third kappa shape index (κ3) is 5.37. The molecule has 2 rings (SSSR count). The number of benzene rings is 2. The molecule has 0 aliphatic heterocycles. The number of esters is 1. The Morgan fingerprint density at radius 2 is 1.86 bits per heavy atom. The summed E-state index contributed by atoms with van der Waals surface area (Å²) in [5, 5.41) is 2.45. The third-order valence-corrected chi connectivity index (χ3v) is 5.73. The minimum absolute atomic E-state index is 0.0587. The van der Waals surface area contributed by atoms with E-state index in [1.807, 2.05) is 0 Å². The van der Waals surface area contributed by atoms with Gasteiger partial charge < -0.3 is 10.1 Å². The molecule has 0 aliphatic rings. The number of nitrogens with zero attached hydrogens (tertiary/aromatic N) is 1. The largest absolute Gasteiger partial charge is 0.449 e. The van der Waals surface area contributed by atoms with Gasteiger partial charge >= 0.3 is 5.97 Å². The third-order valence-electron chi connectivity index (χ3n) is 4.06. The van der Waals surface area contributed by atoms with E-state index in [4.69, 9.17) is 4.74 Å². The first-order valence-corrected chi connectivity index (χ1v) is 9.91. The molecule has 1 atom stereocenters. The van der Waals surface area contributed by atoms with Crippen molar-refractivity contribution in [2.45, 2.75) is 24.8 Å². The molecule has 0 aliphatic carbocycles. The highest BCUT2D eigenvalue weighted by atomic mass is 32.2. The molecular weight excluding hydrogens is 403 g/mol. The van der Waals surface area contributed by atoms with Gasteiger partial charge in [0.15, 0.2) is 6.10 Å². The Bertz CT molecular complexity index is 1030. The van der Waals surface area contributed by atoms with Gasteiger partial charge in [0.2, 0.25) is 0 Å². The molecule has 0 fully saturated rings. The summed E-state index contributed by atoms with van der Waals surface area (Å²) in [4.78, 5) is 29.0. The monoisotopic (exact) mass is 424 g/mol. The Hall–Kier alpha value is -2.82. The summed E-state index contributed by atoms with van der Waals surface area (Å²) >= 11 is 0. The number of amides is 1. The van der Waals surface area contributed by atoms with Crippen molar-refractivity contribution in [2.24, 2.45) is 0 Å². The van der Waals surface area contributed by atoms with E-state index in [-0.39, 0.29) is 16.1 Å². The second kappa shape index (κ2) is 9.12. The maximum atomic E-state index is 13.6. The number of hydrogen-bond donors (Lipinski definition) is 1. The highest BCUT2D eigenvalue weighted by Crippen LogP contribution is 2.18. The van der Waals surface area contributed by atoms with Crippen LogP contribution < -0.4 is 5.32 Å². The number of hydroxylamine groups is 1. The lowest BCUT2D eigenvalue weighted by atomic mass is 10.2. The Morgan fingerprint density at radius 1 is 1.17 bits per heavy atom. The van der Waals surface area contributed by atoms with E-state index >= 15 is 0 Å². The second-order valence-electron chi connectivity index (χ2n) is 6.13. The lowest BCUT2D eigenvalue weighted by Crippen LogP contribution is -2.30. The number of halogens is 1. The Kier molecular flexibility index (Phi) is 7.07. The van der Waals surface area contributed by atoms with Gasteiger partial charge in [0.05, 0.1) is 17.6 Å². The first-order chi connectivity index (χ1) is 13.6. The first kappa shape index (κ1) is 22.5. The number of carbonyl (C=O) groups is 2. The van der Waals surface area contributed by atoms with Crippen molar-refractivity contribution in [1.29, 1.82) is 0 Å². The fourth-order valence-electron chi connectivity index (χ4n) is 2.23. The van der Waals surface area contributed by atoms with Crippen molar-refractivity contribution in [1.82, 2.24) is 4.47 Å². The first-order valence-electron chi connectivity index (χ1n) is 8.47. The molecule has 1 amide bonds. The summed E-state index contributed by atoms with van der Waals surface area (Å²) in [5.41, 5.74) is 0.588. The fourth-order valence-corrected chi connectivity index (χ4v) is 3.25. The van der Waals surface area contributed by atoms with Gasteiger partial charge in [-0.1, -0.05) is 16.6 Å².